The molecule has 0 radical (unpaired) electrons. The molecule has 0 saturated heterocycles. The van der Waals surface area contributed by atoms with Gasteiger partial charge in [0.15, 0.2) is 0 Å². The summed E-state index contributed by atoms with van der Waals surface area (Å²) in [5, 5.41) is 6.80. The average Bonchev–Trinajstić information content (AvgIpc) is 2.87. The van der Waals surface area contributed by atoms with Gasteiger partial charge in [0.1, 0.15) is 5.03 Å². The molecule has 6 heteroatoms. The van der Waals surface area contributed by atoms with Crippen LogP contribution in [0.2, 0.25) is 10.0 Å². The number of halogens is 2. The Labute approximate surface area is 146 Å². The summed E-state index contributed by atoms with van der Waals surface area (Å²) in [5.41, 5.74) is 2.02. The number of hydrogen-bond acceptors (Lipinski definition) is 3. The van der Waals surface area contributed by atoms with E-state index in [1.54, 1.807) is 17.8 Å². The molecule has 0 fully saturated rings. The third-order valence-electron chi connectivity index (χ3n) is 3.56. The molecule has 0 aliphatic heterocycles. The van der Waals surface area contributed by atoms with Crippen LogP contribution >= 0.6 is 35.0 Å². The van der Waals surface area contributed by atoms with Crippen LogP contribution in [0.15, 0.2) is 29.3 Å². The summed E-state index contributed by atoms with van der Waals surface area (Å²) in [6.45, 7) is 9.69. The van der Waals surface area contributed by atoms with E-state index in [2.05, 4.69) is 29.9 Å². The van der Waals surface area contributed by atoms with Gasteiger partial charge in [-0.15, -0.1) is 11.8 Å². The van der Waals surface area contributed by atoms with Crippen LogP contribution in [-0.4, -0.2) is 40.1 Å². The Morgan fingerprint density at radius 1 is 1.14 bits per heavy atom. The van der Waals surface area contributed by atoms with Crippen LogP contribution in [0.5, 0.6) is 0 Å². The van der Waals surface area contributed by atoms with E-state index < -0.39 is 0 Å². The number of rotatable bonds is 7. The van der Waals surface area contributed by atoms with Gasteiger partial charge in [-0.25, -0.2) is 4.68 Å². The van der Waals surface area contributed by atoms with E-state index in [0.717, 1.165) is 41.8 Å². The molecule has 0 aliphatic rings. The lowest BCUT2D eigenvalue weighted by Crippen LogP contribution is -2.25. The Bertz CT molecular complexity index is 624. The molecule has 1 aromatic carbocycles. The molecule has 0 N–H and O–H groups in total. The number of aryl methyl sites for hydroxylation is 1. The van der Waals surface area contributed by atoms with Crippen LogP contribution in [0.25, 0.3) is 5.69 Å². The SMILES string of the molecule is CCN(CC)CCSc1cc(C)n(-c2ccc(Cl)c(Cl)c2)n1. The third kappa shape index (κ3) is 4.42. The maximum Gasteiger partial charge on any atom is 0.119 e. The second-order valence-corrected chi connectivity index (χ2v) is 6.94. The Morgan fingerprint density at radius 3 is 2.50 bits per heavy atom. The van der Waals surface area contributed by atoms with Gasteiger partial charge in [0.05, 0.1) is 15.7 Å². The summed E-state index contributed by atoms with van der Waals surface area (Å²) in [7, 11) is 0. The zero-order valence-electron chi connectivity index (χ0n) is 13.1. The molecular weight excluding hydrogens is 337 g/mol. The van der Waals surface area contributed by atoms with Crippen molar-refractivity contribution in [3.63, 3.8) is 0 Å². The highest BCUT2D eigenvalue weighted by molar-refractivity contribution is 7.99. The van der Waals surface area contributed by atoms with Gasteiger partial charge < -0.3 is 4.90 Å². The molecule has 1 aromatic heterocycles. The van der Waals surface area contributed by atoms with Crippen molar-refractivity contribution in [1.29, 1.82) is 0 Å². The minimum atomic E-state index is 0.546. The van der Waals surface area contributed by atoms with Crippen molar-refractivity contribution in [3.8, 4) is 5.69 Å². The third-order valence-corrected chi connectivity index (χ3v) is 5.19. The number of benzene rings is 1. The molecular formula is C16H21Cl2N3S. The molecule has 0 bridgehead atoms. The van der Waals surface area contributed by atoms with Gasteiger partial charge >= 0.3 is 0 Å². The van der Waals surface area contributed by atoms with Gasteiger partial charge in [-0.2, -0.15) is 5.10 Å². The molecule has 2 rings (SSSR count). The van der Waals surface area contributed by atoms with Crippen LogP contribution in [0.1, 0.15) is 19.5 Å². The van der Waals surface area contributed by atoms with Crippen molar-refractivity contribution in [2.75, 3.05) is 25.4 Å². The predicted molar refractivity (Wildman–Crippen MR) is 96.8 cm³/mol. The van der Waals surface area contributed by atoms with Crippen molar-refractivity contribution in [1.82, 2.24) is 14.7 Å². The quantitative estimate of drug-likeness (QED) is 0.656. The van der Waals surface area contributed by atoms with E-state index in [9.17, 15) is 0 Å². The van der Waals surface area contributed by atoms with Gasteiger partial charge in [0.2, 0.25) is 0 Å². The van der Waals surface area contributed by atoms with Crippen molar-refractivity contribution in [3.05, 3.63) is 40.0 Å². The van der Waals surface area contributed by atoms with Crippen LogP contribution in [0.3, 0.4) is 0 Å². The highest BCUT2D eigenvalue weighted by atomic mass is 35.5. The number of hydrogen-bond donors (Lipinski definition) is 0. The zero-order valence-corrected chi connectivity index (χ0v) is 15.5. The van der Waals surface area contributed by atoms with Crippen molar-refractivity contribution >= 4 is 35.0 Å². The summed E-state index contributed by atoms with van der Waals surface area (Å²) in [4.78, 5) is 2.41. The number of aromatic nitrogens is 2. The first-order valence-corrected chi connectivity index (χ1v) is 9.16. The molecule has 0 aliphatic carbocycles. The molecule has 2 aromatic rings. The summed E-state index contributed by atoms with van der Waals surface area (Å²) in [5.74, 6) is 1.04. The molecule has 0 amide bonds. The second kappa shape index (κ2) is 8.25. The van der Waals surface area contributed by atoms with E-state index in [1.165, 1.54) is 0 Å². The fourth-order valence-corrected chi connectivity index (χ4v) is 3.46. The fourth-order valence-electron chi connectivity index (χ4n) is 2.21. The summed E-state index contributed by atoms with van der Waals surface area (Å²) >= 11 is 13.8. The lowest BCUT2D eigenvalue weighted by molar-refractivity contribution is 0.324. The van der Waals surface area contributed by atoms with E-state index >= 15 is 0 Å². The normalized spacial score (nSPS) is 11.4. The monoisotopic (exact) mass is 357 g/mol. The Kier molecular flexibility index (Phi) is 6.63. The van der Waals surface area contributed by atoms with E-state index in [0.29, 0.717) is 10.0 Å². The highest BCUT2D eigenvalue weighted by Gasteiger charge is 2.09. The molecule has 22 heavy (non-hydrogen) atoms. The lowest BCUT2D eigenvalue weighted by atomic mass is 10.3. The van der Waals surface area contributed by atoms with Crippen LogP contribution in [0.4, 0.5) is 0 Å². The van der Waals surface area contributed by atoms with E-state index in [1.807, 2.05) is 23.7 Å². The zero-order chi connectivity index (χ0) is 16.1. The maximum absolute atomic E-state index is 6.09. The first-order chi connectivity index (χ1) is 10.5. The number of thioether (sulfide) groups is 1. The topological polar surface area (TPSA) is 21.1 Å². The van der Waals surface area contributed by atoms with Gasteiger partial charge in [-0.05, 0) is 44.3 Å². The molecule has 0 unspecified atom stereocenters. The first-order valence-electron chi connectivity index (χ1n) is 7.42. The Balaban J connectivity index is 2.06. The average molecular weight is 358 g/mol. The summed E-state index contributed by atoms with van der Waals surface area (Å²) in [6, 6.07) is 7.68. The smallest absolute Gasteiger partial charge is 0.119 e. The molecule has 3 nitrogen and oxygen atoms in total. The minimum absolute atomic E-state index is 0.546. The summed E-state index contributed by atoms with van der Waals surface area (Å²) < 4.78 is 1.90. The highest BCUT2D eigenvalue weighted by Crippen LogP contribution is 2.26. The van der Waals surface area contributed by atoms with Crippen molar-refractivity contribution in [2.24, 2.45) is 0 Å². The Morgan fingerprint density at radius 2 is 1.86 bits per heavy atom. The molecule has 0 saturated carbocycles. The number of nitrogens with zero attached hydrogens (tertiary/aromatic N) is 3. The fraction of sp³-hybridized carbons (Fsp3) is 0.438. The molecule has 1 heterocycles. The van der Waals surface area contributed by atoms with Crippen LogP contribution < -0.4 is 0 Å². The minimum Gasteiger partial charge on any atom is -0.303 e. The van der Waals surface area contributed by atoms with Crippen molar-refractivity contribution in [2.45, 2.75) is 25.8 Å². The standard InChI is InChI=1S/C16H21Cl2N3S/c1-4-20(5-2)8-9-22-16-10-12(3)21(19-16)13-6-7-14(17)15(18)11-13/h6-7,10-11H,4-5,8-9H2,1-3H3. The van der Waals surface area contributed by atoms with Crippen molar-refractivity contribution < 1.29 is 0 Å². The lowest BCUT2D eigenvalue weighted by Gasteiger charge is -2.16. The second-order valence-electron chi connectivity index (χ2n) is 5.01. The molecule has 120 valence electrons. The van der Waals surface area contributed by atoms with E-state index in [-0.39, 0.29) is 0 Å². The van der Waals surface area contributed by atoms with Crippen LogP contribution in [-0.2, 0) is 0 Å². The van der Waals surface area contributed by atoms with Gasteiger partial charge in [0.25, 0.3) is 0 Å². The predicted octanol–water partition coefficient (Wildman–Crippen LogP) is 4.92. The van der Waals surface area contributed by atoms with E-state index in [4.69, 9.17) is 23.2 Å². The van der Waals surface area contributed by atoms with Gasteiger partial charge in [0, 0.05) is 18.0 Å². The largest absolute Gasteiger partial charge is 0.303 e. The summed E-state index contributed by atoms with van der Waals surface area (Å²) in [6.07, 6.45) is 0. The Hall–Kier alpha value is -0.680. The van der Waals surface area contributed by atoms with Crippen LogP contribution in [0, 0.1) is 6.92 Å². The molecule has 0 atom stereocenters. The molecule has 0 spiro atoms. The first kappa shape index (κ1) is 17.7. The maximum atomic E-state index is 6.09. The van der Waals surface area contributed by atoms with Gasteiger partial charge in [-0.3, -0.25) is 0 Å². The van der Waals surface area contributed by atoms with Gasteiger partial charge in [-0.1, -0.05) is 37.0 Å².